The lowest BCUT2D eigenvalue weighted by Crippen LogP contribution is -1.87. The van der Waals surface area contributed by atoms with Gasteiger partial charge in [0, 0.05) is 27.8 Å². The number of aryl methyl sites for hydroxylation is 1. The van der Waals surface area contributed by atoms with Gasteiger partial charge in [-0.25, -0.2) is 0 Å². The highest BCUT2D eigenvalue weighted by Crippen LogP contribution is 2.48. The van der Waals surface area contributed by atoms with E-state index in [0.29, 0.717) is 6.61 Å². The molecule has 0 atom stereocenters. The molecule has 0 radical (unpaired) electrons. The van der Waals surface area contributed by atoms with Gasteiger partial charge in [0.05, 0.1) is 0 Å². The van der Waals surface area contributed by atoms with E-state index in [9.17, 15) is 0 Å². The van der Waals surface area contributed by atoms with Crippen LogP contribution in [-0.2, 0) is 6.42 Å². The van der Waals surface area contributed by atoms with Crippen molar-refractivity contribution in [3.63, 3.8) is 0 Å². The maximum Gasteiger partial charge on any atom is 0.187 e. The molecule has 0 aliphatic heterocycles. The van der Waals surface area contributed by atoms with E-state index >= 15 is 0 Å². The Kier molecular flexibility index (Phi) is 7.55. The smallest absolute Gasteiger partial charge is 0.187 e. The molecule has 156 valence electrons. The summed E-state index contributed by atoms with van der Waals surface area (Å²) in [7, 11) is 0.0217. The maximum absolute atomic E-state index is 8.81. The quantitative estimate of drug-likeness (QED) is 0.192. The Morgan fingerprint density at radius 1 is 0.533 bits per heavy atom. The number of aliphatic hydroxyl groups is 1. The number of unbranched alkanes of at least 4 members (excludes halogenated alkanes) is 7. The van der Waals surface area contributed by atoms with Crippen molar-refractivity contribution < 1.29 is 5.11 Å². The third-order valence-corrected chi connectivity index (χ3v) is 8.37. The van der Waals surface area contributed by atoms with Crippen LogP contribution in [0.5, 0.6) is 0 Å². The Morgan fingerprint density at radius 2 is 1.03 bits per heavy atom. The second-order valence-corrected chi connectivity index (χ2v) is 10.2. The van der Waals surface area contributed by atoms with Crippen LogP contribution >= 0.6 is 10.5 Å². The average Bonchev–Trinajstić information content (AvgIpc) is 3.13. The molecule has 1 aromatic heterocycles. The third-order valence-electron chi connectivity index (χ3n) is 6.04. The van der Waals surface area contributed by atoms with E-state index in [2.05, 4.69) is 72.8 Å². The van der Waals surface area contributed by atoms with Gasteiger partial charge in [0.25, 0.3) is 0 Å². The van der Waals surface area contributed by atoms with Crippen LogP contribution in [0.3, 0.4) is 0 Å². The van der Waals surface area contributed by atoms with Gasteiger partial charge >= 0.3 is 0 Å². The first kappa shape index (κ1) is 21.1. The maximum atomic E-state index is 8.81. The van der Waals surface area contributed by atoms with Crippen LogP contribution in [0.15, 0.2) is 72.8 Å². The van der Waals surface area contributed by atoms with E-state index in [1.54, 1.807) is 0 Å². The first-order valence-corrected chi connectivity index (χ1v) is 12.7. The Bertz CT molecular complexity index is 1010. The normalized spacial score (nSPS) is 11.5. The molecule has 0 saturated heterocycles. The zero-order valence-corrected chi connectivity index (χ0v) is 18.7. The van der Waals surface area contributed by atoms with E-state index in [1.165, 1.54) is 82.0 Å². The molecule has 0 aliphatic rings. The molecule has 0 spiro atoms. The highest BCUT2D eigenvalue weighted by atomic mass is 32.2. The summed E-state index contributed by atoms with van der Waals surface area (Å²) in [6, 6.07) is 27.2. The molecule has 0 amide bonds. The van der Waals surface area contributed by atoms with E-state index in [0.717, 1.165) is 6.42 Å². The first-order valence-electron chi connectivity index (χ1n) is 11.5. The van der Waals surface area contributed by atoms with E-state index in [4.69, 9.17) is 5.11 Å². The summed E-state index contributed by atoms with van der Waals surface area (Å²) < 4.78 is 2.93. The molecule has 0 unspecified atom stereocenters. The summed E-state index contributed by atoms with van der Waals surface area (Å²) in [5.74, 6) is 0. The summed E-state index contributed by atoms with van der Waals surface area (Å²) in [5.41, 5.74) is 1.46. The van der Waals surface area contributed by atoms with Crippen LogP contribution in [0.4, 0.5) is 0 Å². The zero-order valence-electron chi connectivity index (χ0n) is 17.9. The van der Waals surface area contributed by atoms with Crippen molar-refractivity contribution in [3.8, 4) is 4.90 Å². The molecular formula is C28H33OS+. The Labute approximate surface area is 183 Å². The summed E-state index contributed by atoms with van der Waals surface area (Å²) in [6.45, 7) is 0.346. The fraction of sp³-hybridized carbons (Fsp3) is 0.357. The molecule has 4 aromatic rings. The van der Waals surface area contributed by atoms with Crippen LogP contribution in [0.25, 0.3) is 25.1 Å². The van der Waals surface area contributed by atoms with Gasteiger partial charge in [-0.05, 0) is 61.2 Å². The molecule has 1 N–H and O–H groups in total. The van der Waals surface area contributed by atoms with E-state index < -0.39 is 0 Å². The van der Waals surface area contributed by atoms with Crippen molar-refractivity contribution in [2.24, 2.45) is 0 Å². The summed E-state index contributed by atoms with van der Waals surface area (Å²) >= 11 is 0. The zero-order chi connectivity index (χ0) is 20.6. The summed E-state index contributed by atoms with van der Waals surface area (Å²) in [5, 5.41) is 11.6. The van der Waals surface area contributed by atoms with Crippen molar-refractivity contribution >= 4 is 30.6 Å². The van der Waals surface area contributed by atoms with E-state index in [-0.39, 0.29) is 10.5 Å². The second-order valence-electron chi connectivity index (χ2n) is 8.24. The molecule has 0 bridgehead atoms. The lowest BCUT2D eigenvalue weighted by Gasteiger charge is -2.03. The van der Waals surface area contributed by atoms with Gasteiger partial charge < -0.3 is 5.11 Å². The fourth-order valence-corrected chi connectivity index (χ4v) is 6.78. The predicted molar refractivity (Wildman–Crippen MR) is 133 cm³/mol. The SMILES string of the molecule is OCCCCCCCCCCc1ccc(-[s+]2c3ccccc3c3ccccc32)cc1. The number of fused-ring (bicyclic) bond motifs is 3. The van der Waals surface area contributed by atoms with E-state index in [1.807, 2.05) is 0 Å². The minimum Gasteiger partial charge on any atom is -0.396 e. The highest BCUT2D eigenvalue weighted by molar-refractivity contribution is 7.50. The van der Waals surface area contributed by atoms with Gasteiger partial charge in [-0.2, -0.15) is 0 Å². The molecule has 0 fully saturated rings. The molecule has 1 nitrogen and oxygen atoms in total. The van der Waals surface area contributed by atoms with Gasteiger partial charge in [-0.1, -0.05) is 74.9 Å². The minimum absolute atomic E-state index is 0.0217. The van der Waals surface area contributed by atoms with Gasteiger partial charge in [0.1, 0.15) is 0 Å². The summed E-state index contributed by atoms with van der Waals surface area (Å²) in [4.78, 5) is 1.43. The van der Waals surface area contributed by atoms with Gasteiger partial charge in [0.2, 0.25) is 0 Å². The molecule has 0 aliphatic carbocycles. The number of thiophene rings is 1. The largest absolute Gasteiger partial charge is 0.396 e. The molecular weight excluding hydrogens is 384 g/mol. The van der Waals surface area contributed by atoms with Crippen LogP contribution in [0.1, 0.15) is 56.9 Å². The monoisotopic (exact) mass is 417 g/mol. The van der Waals surface area contributed by atoms with Crippen molar-refractivity contribution in [1.82, 2.24) is 0 Å². The summed E-state index contributed by atoms with van der Waals surface area (Å²) in [6.07, 6.45) is 11.2. The number of hydrogen-bond donors (Lipinski definition) is 1. The van der Waals surface area contributed by atoms with Crippen molar-refractivity contribution in [3.05, 3.63) is 78.4 Å². The molecule has 1 heterocycles. The number of aliphatic hydroxyl groups excluding tert-OH is 1. The number of benzene rings is 3. The predicted octanol–water partition coefficient (Wildman–Crippen LogP) is 8.39. The lowest BCUT2D eigenvalue weighted by atomic mass is 10.0. The Morgan fingerprint density at radius 3 is 1.60 bits per heavy atom. The highest BCUT2D eigenvalue weighted by Gasteiger charge is 2.22. The fourth-order valence-electron chi connectivity index (χ4n) is 4.40. The Hall–Kier alpha value is -2.16. The standard InChI is InChI=1S/C28H33OS/c29-22-12-6-4-2-1-3-5-7-13-23-18-20-24(21-19-23)30-27-16-10-8-14-25(27)26-15-9-11-17-28(26)30/h8-11,14-21,29H,1-7,12-13,22H2/q+1. The topological polar surface area (TPSA) is 20.2 Å². The average molecular weight is 418 g/mol. The van der Waals surface area contributed by atoms with Crippen LogP contribution < -0.4 is 0 Å². The number of hydrogen-bond acceptors (Lipinski definition) is 1. The van der Waals surface area contributed by atoms with Crippen LogP contribution in [0.2, 0.25) is 0 Å². The Balaban J connectivity index is 1.36. The van der Waals surface area contributed by atoms with Gasteiger partial charge in [0.15, 0.2) is 14.3 Å². The molecule has 2 heteroatoms. The minimum atomic E-state index is 0.0217. The second kappa shape index (κ2) is 10.7. The van der Waals surface area contributed by atoms with Crippen molar-refractivity contribution in [2.45, 2.75) is 57.8 Å². The van der Waals surface area contributed by atoms with Gasteiger partial charge in [-0.3, -0.25) is 0 Å². The third kappa shape index (κ3) is 4.94. The molecule has 30 heavy (non-hydrogen) atoms. The molecule has 4 rings (SSSR count). The molecule has 3 aromatic carbocycles. The van der Waals surface area contributed by atoms with Crippen LogP contribution in [0, 0.1) is 0 Å². The number of rotatable bonds is 11. The van der Waals surface area contributed by atoms with Crippen molar-refractivity contribution in [2.75, 3.05) is 6.61 Å². The first-order chi connectivity index (χ1) is 14.9. The van der Waals surface area contributed by atoms with Crippen molar-refractivity contribution in [1.29, 1.82) is 0 Å². The van der Waals surface area contributed by atoms with Crippen LogP contribution in [-0.4, -0.2) is 11.7 Å². The van der Waals surface area contributed by atoms with Gasteiger partial charge in [-0.15, -0.1) is 0 Å². The lowest BCUT2D eigenvalue weighted by molar-refractivity contribution is 0.282. The molecule has 0 saturated carbocycles.